The fraction of sp³-hybridized carbons (Fsp3) is 0.562. The van der Waals surface area contributed by atoms with Crippen molar-refractivity contribution < 1.29 is 9.53 Å². The zero-order valence-electron chi connectivity index (χ0n) is 13.3. The summed E-state index contributed by atoms with van der Waals surface area (Å²) in [4.78, 5) is 12.0. The Labute approximate surface area is 141 Å². The molecule has 0 unspecified atom stereocenters. The third-order valence-corrected chi connectivity index (χ3v) is 4.53. The summed E-state index contributed by atoms with van der Waals surface area (Å²) >= 11 is 11.8. The number of carbonyl (C=O) groups excluding carboxylic acids is 1. The zero-order chi connectivity index (χ0) is 16.5. The van der Waals surface area contributed by atoms with Gasteiger partial charge in [0.25, 0.3) is 0 Å². The molecule has 22 heavy (non-hydrogen) atoms. The predicted molar refractivity (Wildman–Crippen MR) is 90.7 cm³/mol. The molecule has 4 nitrogen and oxygen atoms in total. The number of nitrogens with one attached hydrogen (secondary N) is 2. The average Bonchev–Trinajstić information content (AvgIpc) is 2.59. The number of hydrogen-bond donors (Lipinski definition) is 2. The molecule has 6 heteroatoms. The summed E-state index contributed by atoms with van der Waals surface area (Å²) in [5.74, 6) is -0.126. The highest BCUT2D eigenvalue weighted by molar-refractivity contribution is 6.42. The van der Waals surface area contributed by atoms with Crippen molar-refractivity contribution in [1.82, 2.24) is 5.32 Å². The first kappa shape index (κ1) is 17.5. The zero-order valence-corrected chi connectivity index (χ0v) is 14.8. The lowest BCUT2D eigenvalue weighted by atomic mass is 9.94. The number of hydrogen-bond acceptors (Lipinski definition) is 3. The Bertz CT molecular complexity index is 573. The van der Waals surface area contributed by atoms with E-state index in [9.17, 15) is 4.79 Å². The van der Waals surface area contributed by atoms with E-state index in [-0.39, 0.29) is 29.7 Å². The molecule has 0 aliphatic carbocycles. The first-order valence-corrected chi connectivity index (χ1v) is 8.03. The molecule has 1 atom stereocenters. The fourth-order valence-corrected chi connectivity index (χ4v) is 3.17. The van der Waals surface area contributed by atoms with Crippen LogP contribution in [0.5, 0.6) is 0 Å². The van der Waals surface area contributed by atoms with Crippen molar-refractivity contribution in [3.05, 3.63) is 28.2 Å². The molecule has 1 fully saturated rings. The summed E-state index contributed by atoms with van der Waals surface area (Å²) in [6.45, 7) is 8.42. The van der Waals surface area contributed by atoms with Gasteiger partial charge in [-0.05, 0) is 52.3 Å². The molecule has 1 heterocycles. The van der Waals surface area contributed by atoms with E-state index in [0.717, 1.165) is 6.42 Å². The first-order chi connectivity index (χ1) is 10.1. The quantitative estimate of drug-likeness (QED) is 0.871. The summed E-state index contributed by atoms with van der Waals surface area (Å²) in [5, 5.41) is 6.95. The van der Waals surface area contributed by atoms with Crippen molar-refractivity contribution in [3.8, 4) is 0 Å². The Morgan fingerprint density at radius 1 is 1.27 bits per heavy atom. The highest BCUT2D eigenvalue weighted by Gasteiger charge is 2.45. The molecule has 0 bridgehead atoms. The van der Waals surface area contributed by atoms with E-state index in [1.165, 1.54) is 0 Å². The Morgan fingerprint density at radius 2 is 1.95 bits per heavy atom. The van der Waals surface area contributed by atoms with Gasteiger partial charge in [-0.2, -0.15) is 0 Å². The number of amides is 1. The highest BCUT2D eigenvalue weighted by Crippen LogP contribution is 2.37. The van der Waals surface area contributed by atoms with E-state index in [0.29, 0.717) is 15.7 Å². The van der Waals surface area contributed by atoms with E-state index in [4.69, 9.17) is 27.9 Å². The van der Waals surface area contributed by atoms with Gasteiger partial charge in [0.1, 0.15) is 0 Å². The third-order valence-electron chi connectivity index (χ3n) is 3.79. The minimum Gasteiger partial charge on any atom is -0.368 e. The summed E-state index contributed by atoms with van der Waals surface area (Å²) in [7, 11) is 0. The van der Waals surface area contributed by atoms with E-state index < -0.39 is 0 Å². The lowest BCUT2D eigenvalue weighted by Gasteiger charge is -2.27. The van der Waals surface area contributed by atoms with Gasteiger partial charge in [-0.25, -0.2) is 0 Å². The Morgan fingerprint density at radius 3 is 2.50 bits per heavy atom. The van der Waals surface area contributed by atoms with E-state index in [2.05, 4.69) is 24.5 Å². The van der Waals surface area contributed by atoms with Gasteiger partial charge in [-0.3, -0.25) is 4.79 Å². The average molecular weight is 345 g/mol. The smallest absolute Gasteiger partial charge is 0.238 e. The molecule has 1 aliphatic rings. The molecule has 0 aromatic heterocycles. The summed E-state index contributed by atoms with van der Waals surface area (Å²) in [5.41, 5.74) is 0.151. The second-order valence-electron chi connectivity index (χ2n) is 6.78. The van der Waals surface area contributed by atoms with E-state index in [1.54, 1.807) is 18.2 Å². The topological polar surface area (TPSA) is 50.4 Å². The number of halogens is 2. The molecule has 0 radical (unpaired) electrons. The van der Waals surface area contributed by atoms with Gasteiger partial charge in [-0.1, -0.05) is 23.2 Å². The van der Waals surface area contributed by atoms with Crippen molar-refractivity contribution in [2.45, 2.75) is 51.4 Å². The molecule has 1 aromatic carbocycles. The number of ether oxygens (including phenoxy) is 1. The molecule has 0 saturated carbocycles. The molecule has 2 rings (SSSR count). The maximum Gasteiger partial charge on any atom is 0.238 e. The second kappa shape index (κ2) is 6.36. The van der Waals surface area contributed by atoms with Crippen LogP contribution in [0.2, 0.25) is 10.0 Å². The van der Waals surface area contributed by atoms with Gasteiger partial charge in [0, 0.05) is 11.7 Å². The molecule has 122 valence electrons. The molecule has 0 spiro atoms. The van der Waals surface area contributed by atoms with Crippen molar-refractivity contribution in [2.75, 3.05) is 11.9 Å². The van der Waals surface area contributed by atoms with Crippen LogP contribution in [0.3, 0.4) is 0 Å². The maximum absolute atomic E-state index is 12.0. The number of anilines is 1. The highest BCUT2D eigenvalue weighted by atomic mass is 35.5. The Kier molecular flexibility index (Phi) is 5.07. The largest absolute Gasteiger partial charge is 0.368 e. The molecule has 1 amide bonds. The second-order valence-corrected chi connectivity index (χ2v) is 7.59. The number of carbonyl (C=O) groups is 1. The van der Waals surface area contributed by atoms with Crippen molar-refractivity contribution in [3.63, 3.8) is 0 Å². The lowest BCUT2D eigenvalue weighted by molar-refractivity contribution is -0.115. The molecular formula is C16H22Cl2N2O2. The SMILES string of the molecule is CC1(C)C[C@H](NCC(=O)Nc2ccc(Cl)c(Cl)c2)C(C)(C)O1. The van der Waals surface area contributed by atoms with Crippen LogP contribution in [0, 0.1) is 0 Å². The van der Waals surface area contributed by atoms with E-state index in [1.807, 2.05) is 13.8 Å². The van der Waals surface area contributed by atoms with Gasteiger partial charge in [-0.15, -0.1) is 0 Å². The maximum atomic E-state index is 12.0. The summed E-state index contributed by atoms with van der Waals surface area (Å²) < 4.78 is 6.00. The van der Waals surface area contributed by atoms with Crippen LogP contribution in [0.4, 0.5) is 5.69 Å². The summed E-state index contributed by atoms with van der Waals surface area (Å²) in [6.07, 6.45) is 0.861. The van der Waals surface area contributed by atoms with Crippen molar-refractivity contribution >= 4 is 34.8 Å². The van der Waals surface area contributed by atoms with Crippen LogP contribution < -0.4 is 10.6 Å². The molecular weight excluding hydrogens is 323 g/mol. The number of rotatable bonds is 4. The van der Waals surface area contributed by atoms with Gasteiger partial charge in [0.2, 0.25) is 5.91 Å². The first-order valence-electron chi connectivity index (χ1n) is 7.27. The predicted octanol–water partition coefficient (Wildman–Crippen LogP) is 3.87. The normalized spacial score (nSPS) is 22.5. The van der Waals surface area contributed by atoms with Crippen LogP contribution in [0.25, 0.3) is 0 Å². The number of benzene rings is 1. The standard InChI is InChI=1S/C16H22Cl2N2O2/c1-15(2)8-13(16(3,4)22-15)19-9-14(21)20-10-5-6-11(17)12(18)7-10/h5-7,13,19H,8-9H2,1-4H3,(H,20,21)/t13-/m0/s1. The van der Waals surface area contributed by atoms with E-state index >= 15 is 0 Å². The van der Waals surface area contributed by atoms with Crippen LogP contribution in [0.1, 0.15) is 34.1 Å². The van der Waals surface area contributed by atoms with Crippen LogP contribution >= 0.6 is 23.2 Å². The molecule has 2 N–H and O–H groups in total. The van der Waals surface area contributed by atoms with Crippen LogP contribution in [0.15, 0.2) is 18.2 Å². The minimum atomic E-state index is -0.298. The molecule has 1 aliphatic heterocycles. The van der Waals surface area contributed by atoms with Crippen molar-refractivity contribution in [1.29, 1.82) is 0 Å². The molecule has 1 saturated heterocycles. The minimum absolute atomic E-state index is 0.126. The van der Waals surface area contributed by atoms with Crippen LogP contribution in [-0.4, -0.2) is 29.7 Å². The third kappa shape index (κ3) is 4.35. The Balaban J connectivity index is 1.89. The Hall–Kier alpha value is -0.810. The summed E-state index contributed by atoms with van der Waals surface area (Å²) in [6, 6.07) is 5.14. The monoisotopic (exact) mass is 344 g/mol. The van der Waals surface area contributed by atoms with Gasteiger partial charge in [0.05, 0.1) is 27.8 Å². The van der Waals surface area contributed by atoms with Gasteiger partial charge >= 0.3 is 0 Å². The lowest BCUT2D eigenvalue weighted by Crippen LogP contribution is -2.46. The van der Waals surface area contributed by atoms with Crippen molar-refractivity contribution in [2.24, 2.45) is 0 Å². The van der Waals surface area contributed by atoms with Gasteiger partial charge < -0.3 is 15.4 Å². The fourth-order valence-electron chi connectivity index (χ4n) is 2.88. The van der Waals surface area contributed by atoms with Gasteiger partial charge in [0.15, 0.2) is 0 Å². The molecule has 1 aromatic rings. The van der Waals surface area contributed by atoms with Crippen LogP contribution in [-0.2, 0) is 9.53 Å².